The first kappa shape index (κ1) is 18.8. The highest BCUT2D eigenvalue weighted by Crippen LogP contribution is 2.13. The largest absolute Gasteiger partial charge is 0.352 e. The third-order valence-corrected chi connectivity index (χ3v) is 4.57. The van der Waals surface area contributed by atoms with E-state index in [0.717, 1.165) is 11.1 Å². The molecule has 1 aliphatic heterocycles. The molecule has 0 spiro atoms. The van der Waals surface area contributed by atoms with Crippen LogP contribution < -0.4 is 11.0 Å². The Hall–Kier alpha value is -2.97. The molecule has 0 radical (unpaired) electrons. The van der Waals surface area contributed by atoms with Gasteiger partial charge in [0.05, 0.1) is 0 Å². The SMILES string of the molecule is CCC(C)NC(=O)Cn1nc2n(c1=O)CCN(Cc1cccc(F)c1)C2=O. The molecule has 0 fully saturated rings. The third kappa shape index (κ3) is 4.07. The predicted octanol–water partition coefficient (Wildman–Crippen LogP) is 0.755. The maximum Gasteiger partial charge on any atom is 0.346 e. The van der Waals surface area contributed by atoms with Gasteiger partial charge in [-0.1, -0.05) is 19.1 Å². The molecule has 3 rings (SSSR count). The number of carbonyl (C=O) groups excluding carboxylic acids is 2. The minimum absolute atomic E-state index is 0.000932. The third-order valence-electron chi connectivity index (χ3n) is 4.57. The van der Waals surface area contributed by atoms with Crippen molar-refractivity contribution in [3.8, 4) is 0 Å². The summed E-state index contributed by atoms with van der Waals surface area (Å²) in [7, 11) is 0. The monoisotopic (exact) mass is 375 g/mol. The zero-order chi connectivity index (χ0) is 19.6. The van der Waals surface area contributed by atoms with Crippen molar-refractivity contribution in [1.82, 2.24) is 24.6 Å². The van der Waals surface area contributed by atoms with Crippen LogP contribution in [0, 0.1) is 5.82 Å². The van der Waals surface area contributed by atoms with Gasteiger partial charge in [-0.2, -0.15) is 0 Å². The molecule has 8 nitrogen and oxygen atoms in total. The Morgan fingerprint density at radius 2 is 2.11 bits per heavy atom. The van der Waals surface area contributed by atoms with Gasteiger partial charge in [0, 0.05) is 25.7 Å². The lowest BCUT2D eigenvalue weighted by atomic mass is 10.2. The Labute approximate surface area is 155 Å². The maximum atomic E-state index is 13.3. The molecule has 2 heterocycles. The van der Waals surface area contributed by atoms with Crippen LogP contribution in [0.1, 0.15) is 36.5 Å². The van der Waals surface area contributed by atoms with Crippen LogP contribution in [0.15, 0.2) is 29.1 Å². The van der Waals surface area contributed by atoms with Crippen molar-refractivity contribution in [2.24, 2.45) is 0 Å². The summed E-state index contributed by atoms with van der Waals surface area (Å²) in [5, 5.41) is 6.82. The van der Waals surface area contributed by atoms with Gasteiger partial charge in [0.1, 0.15) is 12.4 Å². The number of amides is 2. The van der Waals surface area contributed by atoms with Gasteiger partial charge in [-0.25, -0.2) is 13.9 Å². The Bertz CT molecular complexity index is 920. The van der Waals surface area contributed by atoms with E-state index in [1.807, 2.05) is 13.8 Å². The molecule has 144 valence electrons. The lowest BCUT2D eigenvalue weighted by Crippen LogP contribution is -2.42. The van der Waals surface area contributed by atoms with Crippen LogP contribution in [0.25, 0.3) is 0 Å². The molecule has 1 atom stereocenters. The molecular weight excluding hydrogens is 353 g/mol. The summed E-state index contributed by atoms with van der Waals surface area (Å²) < 4.78 is 15.6. The van der Waals surface area contributed by atoms with Crippen LogP contribution in [0.5, 0.6) is 0 Å². The van der Waals surface area contributed by atoms with Crippen LogP contribution >= 0.6 is 0 Å². The van der Waals surface area contributed by atoms with Crippen molar-refractivity contribution in [2.75, 3.05) is 6.54 Å². The van der Waals surface area contributed by atoms with E-state index in [4.69, 9.17) is 0 Å². The van der Waals surface area contributed by atoms with Crippen LogP contribution in [0.4, 0.5) is 4.39 Å². The Morgan fingerprint density at radius 3 is 2.81 bits per heavy atom. The van der Waals surface area contributed by atoms with Gasteiger partial charge in [0.25, 0.3) is 5.91 Å². The van der Waals surface area contributed by atoms with Crippen molar-refractivity contribution in [2.45, 2.75) is 45.9 Å². The van der Waals surface area contributed by atoms with Crippen molar-refractivity contribution in [3.63, 3.8) is 0 Å². The minimum Gasteiger partial charge on any atom is -0.352 e. The van der Waals surface area contributed by atoms with E-state index in [0.29, 0.717) is 12.1 Å². The number of nitrogens with zero attached hydrogens (tertiary/aromatic N) is 4. The second kappa shape index (κ2) is 7.73. The van der Waals surface area contributed by atoms with E-state index in [2.05, 4.69) is 10.4 Å². The van der Waals surface area contributed by atoms with Crippen molar-refractivity contribution in [1.29, 1.82) is 0 Å². The molecule has 0 aliphatic carbocycles. The first-order valence-corrected chi connectivity index (χ1v) is 8.89. The van der Waals surface area contributed by atoms with Crippen LogP contribution in [0.3, 0.4) is 0 Å². The summed E-state index contributed by atoms with van der Waals surface area (Å²) in [4.78, 5) is 38.6. The average Bonchev–Trinajstić information content (AvgIpc) is 2.94. The molecule has 2 aromatic rings. The highest BCUT2D eigenvalue weighted by molar-refractivity contribution is 5.91. The molecule has 1 N–H and O–H groups in total. The van der Waals surface area contributed by atoms with Crippen molar-refractivity contribution < 1.29 is 14.0 Å². The van der Waals surface area contributed by atoms with Crippen molar-refractivity contribution in [3.05, 3.63) is 52.0 Å². The molecule has 27 heavy (non-hydrogen) atoms. The van der Waals surface area contributed by atoms with E-state index in [1.54, 1.807) is 12.1 Å². The van der Waals surface area contributed by atoms with Gasteiger partial charge in [-0.15, -0.1) is 5.10 Å². The van der Waals surface area contributed by atoms with Crippen LogP contribution in [0.2, 0.25) is 0 Å². The number of carbonyl (C=O) groups is 2. The fourth-order valence-electron chi connectivity index (χ4n) is 2.93. The Kier molecular flexibility index (Phi) is 5.38. The number of aromatic nitrogens is 3. The summed E-state index contributed by atoms with van der Waals surface area (Å²) in [5.74, 6) is -1.11. The molecule has 9 heteroatoms. The second-order valence-electron chi connectivity index (χ2n) is 6.65. The number of nitrogens with one attached hydrogen (secondary N) is 1. The van der Waals surface area contributed by atoms with Gasteiger partial charge in [0.15, 0.2) is 0 Å². The zero-order valence-corrected chi connectivity index (χ0v) is 15.3. The zero-order valence-electron chi connectivity index (χ0n) is 15.3. The molecule has 1 unspecified atom stereocenters. The van der Waals surface area contributed by atoms with Gasteiger partial charge >= 0.3 is 5.69 Å². The topological polar surface area (TPSA) is 89.2 Å². The van der Waals surface area contributed by atoms with Crippen LogP contribution in [-0.2, 0) is 24.4 Å². The number of halogens is 1. The summed E-state index contributed by atoms with van der Waals surface area (Å²) in [6.07, 6.45) is 0.772. The van der Waals surface area contributed by atoms with E-state index in [9.17, 15) is 18.8 Å². The highest BCUT2D eigenvalue weighted by Gasteiger charge is 2.30. The number of benzene rings is 1. The number of fused-ring (bicyclic) bond motifs is 1. The molecule has 1 aromatic heterocycles. The summed E-state index contributed by atoms with van der Waals surface area (Å²) in [6, 6.07) is 6.02. The number of rotatable bonds is 6. The van der Waals surface area contributed by atoms with Crippen LogP contribution in [-0.4, -0.2) is 43.6 Å². The van der Waals surface area contributed by atoms with E-state index >= 15 is 0 Å². The molecule has 2 amide bonds. The fraction of sp³-hybridized carbons (Fsp3) is 0.444. The molecule has 1 aliphatic rings. The number of hydrogen-bond acceptors (Lipinski definition) is 4. The van der Waals surface area contributed by atoms with Gasteiger partial charge in [-0.3, -0.25) is 14.2 Å². The van der Waals surface area contributed by atoms with Gasteiger partial charge < -0.3 is 10.2 Å². The lowest BCUT2D eigenvalue weighted by Gasteiger charge is -2.26. The lowest BCUT2D eigenvalue weighted by molar-refractivity contribution is -0.122. The van der Waals surface area contributed by atoms with E-state index < -0.39 is 11.6 Å². The standard InChI is InChI=1S/C18H22FN5O3/c1-3-12(2)20-15(25)11-24-18(27)23-8-7-22(17(26)16(23)21-24)10-13-5-4-6-14(19)9-13/h4-6,9,12H,3,7-8,10-11H2,1-2H3,(H,20,25). The maximum absolute atomic E-state index is 13.3. The second-order valence-corrected chi connectivity index (χ2v) is 6.65. The minimum atomic E-state index is -0.483. The molecule has 1 aromatic carbocycles. The Morgan fingerprint density at radius 1 is 1.33 bits per heavy atom. The normalized spacial score (nSPS) is 14.8. The smallest absolute Gasteiger partial charge is 0.346 e. The van der Waals surface area contributed by atoms with Gasteiger partial charge in [0.2, 0.25) is 11.7 Å². The fourth-order valence-corrected chi connectivity index (χ4v) is 2.93. The summed E-state index contributed by atoms with van der Waals surface area (Å²) in [5.41, 5.74) is 0.176. The van der Waals surface area contributed by atoms with E-state index in [1.165, 1.54) is 21.6 Å². The first-order valence-electron chi connectivity index (χ1n) is 8.89. The predicted molar refractivity (Wildman–Crippen MR) is 95.5 cm³/mol. The highest BCUT2D eigenvalue weighted by atomic mass is 19.1. The van der Waals surface area contributed by atoms with E-state index in [-0.39, 0.29) is 43.2 Å². The molecule has 0 saturated heterocycles. The quantitative estimate of drug-likeness (QED) is 0.807. The number of hydrogen-bond donors (Lipinski definition) is 1. The van der Waals surface area contributed by atoms with Crippen molar-refractivity contribution >= 4 is 11.8 Å². The summed E-state index contributed by atoms with van der Waals surface area (Å²) in [6.45, 7) is 4.40. The molecule has 0 saturated carbocycles. The van der Waals surface area contributed by atoms with Gasteiger partial charge in [-0.05, 0) is 31.0 Å². The average molecular weight is 375 g/mol. The Balaban J connectivity index is 1.76. The molecular formula is C18H22FN5O3. The first-order chi connectivity index (χ1) is 12.9. The molecule has 0 bridgehead atoms. The summed E-state index contributed by atoms with van der Waals surface area (Å²) >= 11 is 0.